The van der Waals surface area contributed by atoms with Crippen molar-refractivity contribution in [3.05, 3.63) is 68.3 Å². The lowest BCUT2D eigenvalue weighted by Gasteiger charge is -2.37. The molecule has 1 unspecified atom stereocenters. The summed E-state index contributed by atoms with van der Waals surface area (Å²) in [5.74, 6) is -0.103. The van der Waals surface area contributed by atoms with Gasteiger partial charge in [-0.1, -0.05) is 44.0 Å². The Hall–Kier alpha value is -2.61. The van der Waals surface area contributed by atoms with E-state index < -0.39 is 27.4 Å². The van der Waals surface area contributed by atoms with Gasteiger partial charge in [0.25, 0.3) is 10.0 Å². The molecule has 2 aromatic carbocycles. The molecule has 4 rings (SSSR count). The molecule has 0 bridgehead atoms. The van der Waals surface area contributed by atoms with Crippen LogP contribution in [0.1, 0.15) is 20.8 Å². The Morgan fingerprint density at radius 3 is 2.26 bits per heavy atom. The van der Waals surface area contributed by atoms with Gasteiger partial charge in [-0.25, -0.2) is 13.2 Å². The van der Waals surface area contributed by atoms with Gasteiger partial charge in [0, 0.05) is 32.2 Å². The second-order valence-corrected chi connectivity index (χ2v) is 13.4. The summed E-state index contributed by atoms with van der Waals surface area (Å²) in [7, 11) is -2.67. The fourth-order valence-electron chi connectivity index (χ4n) is 4.13. The number of nitrogens with zero attached hydrogens (tertiary/aromatic N) is 4. The number of benzene rings is 2. The normalized spacial score (nSPS) is 12.9. The van der Waals surface area contributed by atoms with Crippen molar-refractivity contribution < 1.29 is 18.3 Å². The molecule has 0 fully saturated rings. The average molecular weight is 688 g/mol. The van der Waals surface area contributed by atoms with E-state index in [1.807, 2.05) is 16.8 Å². The number of aromatic nitrogens is 3. The largest absolute Gasteiger partial charge is 0.480 e. The molecule has 4 aromatic rings. The standard InChI is InChI=1S/C25H24Cl2IN5O4S/c1-25(2,3)23(24(34)35)33(38(36,37)17-10-14(26)9-15(27)11-17)16-5-6-20-18(12-16)19(28)13-32(20)22-8-7-21(29-4)30-31-22/h5-13,23H,1-4H3,(H,29,30)(H,34,35). The number of carbonyl (C=O) groups is 1. The summed E-state index contributed by atoms with van der Waals surface area (Å²) in [4.78, 5) is 12.4. The quantitative estimate of drug-likeness (QED) is 0.227. The van der Waals surface area contributed by atoms with Crippen LogP contribution < -0.4 is 9.62 Å². The molecule has 0 aliphatic rings. The van der Waals surface area contributed by atoms with Crippen molar-refractivity contribution in [3.63, 3.8) is 0 Å². The lowest BCUT2D eigenvalue weighted by Crippen LogP contribution is -2.52. The Morgan fingerprint density at radius 2 is 1.74 bits per heavy atom. The zero-order valence-corrected chi connectivity index (χ0v) is 25.3. The molecular weight excluding hydrogens is 664 g/mol. The first-order valence-corrected chi connectivity index (χ1v) is 14.6. The van der Waals surface area contributed by atoms with Crippen LogP contribution in [-0.2, 0) is 14.8 Å². The van der Waals surface area contributed by atoms with Gasteiger partial charge in [0.1, 0.15) is 11.9 Å². The molecule has 2 aromatic heterocycles. The van der Waals surface area contributed by atoms with E-state index in [0.717, 1.165) is 13.4 Å². The number of halogens is 3. The Bertz CT molecular complexity index is 1620. The number of rotatable bonds is 7. The molecule has 2 N–H and O–H groups in total. The minimum atomic E-state index is -4.42. The highest BCUT2D eigenvalue weighted by Gasteiger charge is 2.43. The summed E-state index contributed by atoms with van der Waals surface area (Å²) < 4.78 is 31.7. The second kappa shape index (κ2) is 10.5. The number of sulfonamides is 1. The first kappa shape index (κ1) is 28.4. The van der Waals surface area contributed by atoms with E-state index in [1.165, 1.54) is 18.2 Å². The summed E-state index contributed by atoms with van der Waals surface area (Å²) in [5, 5.41) is 22.5. The highest BCUT2D eigenvalue weighted by atomic mass is 127. The molecule has 38 heavy (non-hydrogen) atoms. The lowest BCUT2D eigenvalue weighted by molar-refractivity contribution is -0.140. The van der Waals surface area contributed by atoms with E-state index >= 15 is 0 Å². The number of nitrogens with one attached hydrogen (secondary N) is 1. The van der Waals surface area contributed by atoms with Crippen LogP contribution in [0.4, 0.5) is 11.5 Å². The van der Waals surface area contributed by atoms with Crippen molar-refractivity contribution in [1.29, 1.82) is 0 Å². The Kier molecular flexibility index (Phi) is 7.86. The van der Waals surface area contributed by atoms with Crippen LogP contribution in [0.15, 0.2) is 59.6 Å². The van der Waals surface area contributed by atoms with Crippen LogP contribution >= 0.6 is 45.8 Å². The van der Waals surface area contributed by atoms with Gasteiger partial charge < -0.3 is 10.4 Å². The lowest BCUT2D eigenvalue weighted by atomic mass is 9.86. The van der Waals surface area contributed by atoms with Crippen molar-refractivity contribution in [2.24, 2.45) is 5.41 Å². The summed E-state index contributed by atoms with van der Waals surface area (Å²) in [5.41, 5.74) is -0.0430. The molecule has 0 radical (unpaired) electrons. The fraction of sp³-hybridized carbons (Fsp3) is 0.240. The first-order valence-electron chi connectivity index (χ1n) is 11.3. The molecule has 0 spiro atoms. The molecule has 200 valence electrons. The molecule has 2 heterocycles. The molecule has 9 nitrogen and oxygen atoms in total. The maximum atomic E-state index is 14.1. The third-order valence-electron chi connectivity index (χ3n) is 5.83. The molecule has 0 amide bonds. The molecule has 0 saturated heterocycles. The summed E-state index contributed by atoms with van der Waals surface area (Å²) >= 11 is 14.4. The minimum Gasteiger partial charge on any atom is -0.480 e. The Balaban J connectivity index is 1.95. The van der Waals surface area contributed by atoms with Gasteiger partial charge in [0.05, 0.1) is 16.1 Å². The van der Waals surface area contributed by atoms with Crippen LogP contribution in [-0.4, -0.2) is 47.3 Å². The van der Waals surface area contributed by atoms with Gasteiger partial charge in [-0.3, -0.25) is 8.87 Å². The van der Waals surface area contributed by atoms with Gasteiger partial charge in [0.15, 0.2) is 5.82 Å². The zero-order chi connectivity index (χ0) is 28.0. The molecule has 13 heteroatoms. The van der Waals surface area contributed by atoms with Gasteiger partial charge >= 0.3 is 5.97 Å². The Labute approximate surface area is 244 Å². The minimum absolute atomic E-state index is 0.117. The Morgan fingerprint density at radius 1 is 1.08 bits per heavy atom. The van der Waals surface area contributed by atoms with E-state index in [4.69, 9.17) is 23.2 Å². The number of anilines is 2. The molecular formula is C25H24Cl2IN5O4S. The van der Waals surface area contributed by atoms with Gasteiger partial charge in [-0.2, -0.15) is 0 Å². The van der Waals surface area contributed by atoms with Crippen LogP contribution in [0, 0.1) is 8.99 Å². The molecule has 0 aliphatic carbocycles. The second-order valence-electron chi connectivity index (χ2n) is 9.59. The highest BCUT2D eigenvalue weighted by Crippen LogP contribution is 2.38. The number of hydrogen-bond donors (Lipinski definition) is 2. The number of fused-ring (bicyclic) bond motifs is 1. The first-order chi connectivity index (χ1) is 17.7. The maximum absolute atomic E-state index is 14.1. The van der Waals surface area contributed by atoms with Crippen molar-refractivity contribution in [3.8, 4) is 5.82 Å². The molecule has 0 saturated carbocycles. The van der Waals surface area contributed by atoms with Gasteiger partial charge in [-0.05, 0) is 76.5 Å². The third kappa shape index (κ3) is 5.42. The smallest absolute Gasteiger partial charge is 0.328 e. The summed E-state index contributed by atoms with van der Waals surface area (Å²) in [6.07, 6.45) is 1.85. The number of hydrogen-bond acceptors (Lipinski definition) is 6. The van der Waals surface area contributed by atoms with Crippen LogP contribution in [0.3, 0.4) is 0 Å². The number of aliphatic carboxylic acids is 1. The number of carboxylic acids is 1. The van der Waals surface area contributed by atoms with Crippen LogP contribution in [0.5, 0.6) is 0 Å². The van der Waals surface area contributed by atoms with Crippen molar-refractivity contribution in [1.82, 2.24) is 14.8 Å². The van der Waals surface area contributed by atoms with Crippen LogP contribution in [0.2, 0.25) is 10.0 Å². The van der Waals surface area contributed by atoms with E-state index in [9.17, 15) is 18.3 Å². The fourth-order valence-corrected chi connectivity index (χ4v) is 7.35. The van der Waals surface area contributed by atoms with E-state index in [1.54, 1.807) is 52.1 Å². The van der Waals surface area contributed by atoms with Crippen molar-refractivity contribution >= 4 is 84.2 Å². The summed E-state index contributed by atoms with van der Waals surface area (Å²) in [6, 6.07) is 11.0. The monoisotopic (exact) mass is 687 g/mol. The third-order valence-corrected chi connectivity index (χ3v) is 8.90. The van der Waals surface area contributed by atoms with Crippen LogP contribution in [0.25, 0.3) is 16.7 Å². The predicted molar refractivity (Wildman–Crippen MR) is 158 cm³/mol. The number of carboxylic acid groups (broad SMARTS) is 1. The average Bonchev–Trinajstić information content (AvgIpc) is 3.16. The van der Waals surface area contributed by atoms with Crippen molar-refractivity contribution in [2.45, 2.75) is 31.7 Å². The SMILES string of the molecule is CNc1ccc(-n2cc(I)c3cc(N(C(C(=O)O)C(C)(C)C)S(=O)(=O)c4cc(Cl)cc(Cl)c4)ccc32)nn1. The van der Waals surface area contributed by atoms with E-state index in [-0.39, 0.29) is 20.6 Å². The van der Waals surface area contributed by atoms with Crippen molar-refractivity contribution in [2.75, 3.05) is 16.7 Å². The van der Waals surface area contributed by atoms with Gasteiger partial charge in [0.2, 0.25) is 0 Å². The molecule has 0 aliphatic heterocycles. The van der Waals surface area contributed by atoms with E-state index in [2.05, 4.69) is 38.1 Å². The molecule has 1 atom stereocenters. The topological polar surface area (TPSA) is 117 Å². The van der Waals surface area contributed by atoms with Gasteiger partial charge in [-0.15, -0.1) is 10.2 Å². The predicted octanol–water partition coefficient (Wildman–Crippen LogP) is 6.07. The summed E-state index contributed by atoms with van der Waals surface area (Å²) in [6.45, 7) is 5.02. The zero-order valence-electron chi connectivity index (χ0n) is 20.8. The van der Waals surface area contributed by atoms with E-state index in [0.29, 0.717) is 17.0 Å². The highest BCUT2D eigenvalue weighted by molar-refractivity contribution is 14.1. The maximum Gasteiger partial charge on any atom is 0.328 e.